The largest absolute Gasteiger partial charge is 0.481 e. The van der Waals surface area contributed by atoms with Crippen LogP contribution in [0.25, 0.3) is 0 Å². The summed E-state index contributed by atoms with van der Waals surface area (Å²) in [6, 6.07) is 0. The average Bonchev–Trinajstić information content (AvgIpc) is 2.38. The molecule has 1 rings (SSSR count). The van der Waals surface area contributed by atoms with Gasteiger partial charge in [-0.3, -0.25) is 9.59 Å². The molecule has 1 fully saturated rings. The summed E-state index contributed by atoms with van der Waals surface area (Å²) in [5, 5.41) is 8.52. The number of thioether (sulfide) groups is 1. The summed E-state index contributed by atoms with van der Waals surface area (Å²) in [6.07, 6.45) is 1.89. The molecule has 4 nitrogen and oxygen atoms in total. The lowest BCUT2D eigenvalue weighted by Crippen LogP contribution is -2.33. The zero-order valence-electron chi connectivity index (χ0n) is 10.6. The van der Waals surface area contributed by atoms with Crippen LogP contribution in [0.4, 0.5) is 0 Å². The molecule has 0 aliphatic carbocycles. The third kappa shape index (κ3) is 5.44. The first-order valence-corrected chi connectivity index (χ1v) is 7.03. The molecule has 1 N–H and O–H groups in total. The third-order valence-corrected chi connectivity index (χ3v) is 4.34. The normalized spacial score (nSPS) is 19.8. The monoisotopic (exact) mass is 259 g/mol. The van der Waals surface area contributed by atoms with Crippen molar-refractivity contribution in [3.05, 3.63) is 0 Å². The highest BCUT2D eigenvalue weighted by Gasteiger charge is 2.25. The molecule has 1 aliphatic rings. The smallest absolute Gasteiger partial charge is 0.303 e. The van der Waals surface area contributed by atoms with Crippen LogP contribution in [0.2, 0.25) is 0 Å². The maximum absolute atomic E-state index is 11.9. The Morgan fingerprint density at radius 1 is 1.29 bits per heavy atom. The molecular formula is C12H21NO3S. The van der Waals surface area contributed by atoms with Crippen LogP contribution in [-0.4, -0.2) is 45.5 Å². The van der Waals surface area contributed by atoms with E-state index >= 15 is 0 Å². The van der Waals surface area contributed by atoms with E-state index in [9.17, 15) is 9.59 Å². The van der Waals surface area contributed by atoms with E-state index in [-0.39, 0.29) is 17.1 Å². The summed E-state index contributed by atoms with van der Waals surface area (Å²) < 4.78 is 0.246. The van der Waals surface area contributed by atoms with Crippen LogP contribution in [0.15, 0.2) is 0 Å². The highest BCUT2D eigenvalue weighted by Crippen LogP contribution is 2.30. The number of carboxylic acids is 1. The van der Waals surface area contributed by atoms with Crippen LogP contribution in [0.3, 0.4) is 0 Å². The molecule has 98 valence electrons. The Labute approximate surface area is 107 Å². The Bertz CT molecular complexity index is 291. The zero-order chi connectivity index (χ0) is 12.9. The van der Waals surface area contributed by atoms with Crippen molar-refractivity contribution in [2.24, 2.45) is 0 Å². The van der Waals surface area contributed by atoms with Crippen molar-refractivity contribution >= 4 is 23.6 Å². The molecule has 0 aromatic heterocycles. The minimum absolute atomic E-state index is 0.0832. The summed E-state index contributed by atoms with van der Waals surface area (Å²) >= 11 is 1.90. The molecule has 5 heteroatoms. The molecule has 17 heavy (non-hydrogen) atoms. The van der Waals surface area contributed by atoms with Gasteiger partial charge in [0.05, 0.1) is 0 Å². The lowest BCUT2D eigenvalue weighted by Gasteiger charge is -2.22. The van der Waals surface area contributed by atoms with Gasteiger partial charge in [-0.05, 0) is 12.8 Å². The van der Waals surface area contributed by atoms with Crippen molar-refractivity contribution in [1.29, 1.82) is 0 Å². The fourth-order valence-corrected chi connectivity index (χ4v) is 2.92. The number of hydrogen-bond donors (Lipinski definition) is 1. The lowest BCUT2D eigenvalue weighted by molar-refractivity contribution is -0.137. The van der Waals surface area contributed by atoms with Crippen molar-refractivity contribution in [2.75, 3.05) is 18.8 Å². The van der Waals surface area contributed by atoms with E-state index < -0.39 is 5.97 Å². The molecule has 1 aliphatic heterocycles. The second-order valence-electron chi connectivity index (χ2n) is 4.99. The number of carboxylic acid groups (broad SMARTS) is 1. The van der Waals surface area contributed by atoms with Crippen LogP contribution in [-0.2, 0) is 9.59 Å². The predicted molar refractivity (Wildman–Crippen MR) is 69.2 cm³/mol. The number of amides is 1. The van der Waals surface area contributed by atoms with Gasteiger partial charge in [-0.1, -0.05) is 13.8 Å². The highest BCUT2D eigenvalue weighted by molar-refractivity contribution is 8.00. The van der Waals surface area contributed by atoms with Crippen LogP contribution >= 0.6 is 11.8 Å². The molecular weight excluding hydrogens is 238 g/mol. The average molecular weight is 259 g/mol. The molecule has 0 atom stereocenters. The van der Waals surface area contributed by atoms with E-state index in [2.05, 4.69) is 13.8 Å². The molecule has 0 spiro atoms. The van der Waals surface area contributed by atoms with Crippen LogP contribution in [0, 0.1) is 0 Å². The van der Waals surface area contributed by atoms with Crippen LogP contribution < -0.4 is 0 Å². The number of aliphatic carboxylic acids is 1. The Morgan fingerprint density at radius 2 is 2.00 bits per heavy atom. The maximum atomic E-state index is 11.9. The van der Waals surface area contributed by atoms with Gasteiger partial charge >= 0.3 is 5.97 Å². The number of carbonyl (C=O) groups is 2. The molecule has 1 saturated heterocycles. The van der Waals surface area contributed by atoms with Crippen molar-refractivity contribution in [2.45, 2.75) is 44.3 Å². The summed E-state index contributed by atoms with van der Waals surface area (Å²) in [7, 11) is 0. The van der Waals surface area contributed by atoms with E-state index in [1.54, 1.807) is 0 Å². The predicted octanol–water partition coefficient (Wildman–Crippen LogP) is 1.99. The van der Waals surface area contributed by atoms with E-state index in [1.807, 2.05) is 16.7 Å². The van der Waals surface area contributed by atoms with E-state index in [0.717, 1.165) is 25.3 Å². The van der Waals surface area contributed by atoms with Gasteiger partial charge in [-0.15, -0.1) is 0 Å². The zero-order valence-corrected chi connectivity index (χ0v) is 11.4. The van der Waals surface area contributed by atoms with Crippen LogP contribution in [0.5, 0.6) is 0 Å². The second-order valence-corrected chi connectivity index (χ2v) is 6.79. The van der Waals surface area contributed by atoms with Gasteiger partial charge in [0.2, 0.25) is 5.91 Å². The first-order valence-electron chi connectivity index (χ1n) is 6.04. The van der Waals surface area contributed by atoms with E-state index in [4.69, 9.17) is 5.11 Å². The first kappa shape index (κ1) is 14.4. The van der Waals surface area contributed by atoms with Crippen LogP contribution in [0.1, 0.15) is 39.5 Å². The molecule has 0 saturated carbocycles. The van der Waals surface area contributed by atoms with E-state index in [0.29, 0.717) is 12.8 Å². The Kier molecular flexibility index (Phi) is 5.31. The standard InChI is InChI=1S/C12H21NO3S/c1-12(2)6-7-13(8-9-17-12)10(14)4-3-5-11(15)16/h3-9H2,1-2H3,(H,15,16). The topological polar surface area (TPSA) is 57.6 Å². The van der Waals surface area contributed by atoms with Gasteiger partial charge in [0.15, 0.2) is 0 Å². The van der Waals surface area contributed by atoms with Crippen molar-refractivity contribution in [3.63, 3.8) is 0 Å². The number of hydrogen-bond acceptors (Lipinski definition) is 3. The minimum Gasteiger partial charge on any atom is -0.481 e. The Morgan fingerprint density at radius 3 is 2.65 bits per heavy atom. The van der Waals surface area contributed by atoms with E-state index in [1.165, 1.54) is 0 Å². The second kappa shape index (κ2) is 6.28. The van der Waals surface area contributed by atoms with Gasteiger partial charge in [0.25, 0.3) is 0 Å². The molecule has 0 radical (unpaired) electrons. The molecule has 0 bridgehead atoms. The van der Waals surface area contributed by atoms with Gasteiger partial charge in [0.1, 0.15) is 0 Å². The summed E-state index contributed by atoms with van der Waals surface area (Å²) in [5.74, 6) is 0.243. The molecule has 1 heterocycles. The van der Waals surface area contributed by atoms with Gasteiger partial charge in [-0.2, -0.15) is 11.8 Å². The van der Waals surface area contributed by atoms with Gasteiger partial charge in [-0.25, -0.2) is 0 Å². The van der Waals surface area contributed by atoms with Gasteiger partial charge in [0, 0.05) is 36.4 Å². The fourth-order valence-electron chi connectivity index (χ4n) is 1.82. The van der Waals surface area contributed by atoms with Crippen molar-refractivity contribution < 1.29 is 14.7 Å². The number of carbonyl (C=O) groups excluding carboxylic acids is 1. The summed E-state index contributed by atoms with van der Waals surface area (Å²) in [4.78, 5) is 24.1. The van der Waals surface area contributed by atoms with Gasteiger partial charge < -0.3 is 10.0 Å². The SMILES string of the molecule is CC1(C)CCN(C(=O)CCCC(=O)O)CCS1. The summed E-state index contributed by atoms with van der Waals surface area (Å²) in [6.45, 7) is 6.00. The minimum atomic E-state index is -0.828. The fraction of sp³-hybridized carbons (Fsp3) is 0.833. The Hall–Kier alpha value is -0.710. The highest BCUT2D eigenvalue weighted by atomic mass is 32.2. The first-order chi connectivity index (χ1) is 7.91. The lowest BCUT2D eigenvalue weighted by atomic mass is 10.1. The third-order valence-electron chi connectivity index (χ3n) is 2.97. The number of nitrogens with zero attached hydrogens (tertiary/aromatic N) is 1. The van der Waals surface area contributed by atoms with Crippen molar-refractivity contribution in [3.8, 4) is 0 Å². The summed E-state index contributed by atoms with van der Waals surface area (Å²) in [5.41, 5.74) is 0. The maximum Gasteiger partial charge on any atom is 0.303 e. The Balaban J connectivity index is 2.34. The van der Waals surface area contributed by atoms with Crippen molar-refractivity contribution in [1.82, 2.24) is 4.90 Å². The molecule has 0 unspecified atom stereocenters. The molecule has 0 aromatic carbocycles. The number of rotatable bonds is 4. The molecule has 0 aromatic rings. The molecule has 1 amide bonds. The quantitative estimate of drug-likeness (QED) is 0.839.